The molecular weight excluding hydrogens is 440 g/mol. The zero-order valence-corrected chi connectivity index (χ0v) is 20.3. The van der Waals surface area contributed by atoms with Crippen LogP contribution in [-0.4, -0.2) is 44.3 Å². The lowest BCUT2D eigenvalue weighted by molar-refractivity contribution is -0.144. The zero-order chi connectivity index (χ0) is 24.1. The van der Waals surface area contributed by atoms with Gasteiger partial charge in [0.2, 0.25) is 15.9 Å². The highest BCUT2D eigenvalue weighted by atomic mass is 32.2. The van der Waals surface area contributed by atoms with Crippen LogP contribution in [-0.2, 0) is 30.8 Å². The van der Waals surface area contributed by atoms with Gasteiger partial charge in [-0.05, 0) is 55.5 Å². The van der Waals surface area contributed by atoms with Crippen LogP contribution in [0.2, 0.25) is 0 Å². The van der Waals surface area contributed by atoms with Crippen molar-refractivity contribution in [3.63, 3.8) is 0 Å². The van der Waals surface area contributed by atoms with Gasteiger partial charge in [0.05, 0.1) is 17.9 Å². The molecule has 0 saturated heterocycles. The molecule has 0 aliphatic heterocycles. The predicted molar refractivity (Wildman–Crippen MR) is 129 cm³/mol. The van der Waals surface area contributed by atoms with E-state index in [1.807, 2.05) is 44.2 Å². The van der Waals surface area contributed by atoms with E-state index in [0.717, 1.165) is 25.7 Å². The van der Waals surface area contributed by atoms with Crippen molar-refractivity contribution in [1.29, 1.82) is 0 Å². The Morgan fingerprint density at radius 2 is 1.55 bits per heavy atom. The third kappa shape index (κ3) is 8.98. The number of amides is 1. The summed E-state index contributed by atoms with van der Waals surface area (Å²) in [5, 5.41) is 2.69. The summed E-state index contributed by atoms with van der Waals surface area (Å²) < 4.78 is 32.3. The number of ether oxygens (including phenoxy) is 1. The number of rotatable bonds is 14. The molecule has 0 aliphatic rings. The Hall–Kier alpha value is -2.71. The van der Waals surface area contributed by atoms with Crippen LogP contribution in [0, 0.1) is 0 Å². The third-order valence-corrected chi connectivity index (χ3v) is 6.91. The highest BCUT2D eigenvalue weighted by Gasteiger charge is 2.22. The summed E-state index contributed by atoms with van der Waals surface area (Å²) in [6.45, 7) is 5.14. The number of carbonyl (C=O) groups is 2. The van der Waals surface area contributed by atoms with Crippen molar-refractivity contribution in [3.8, 4) is 0 Å². The smallest absolute Gasteiger partial charge is 0.306 e. The third-order valence-electron chi connectivity index (χ3n) is 4.99. The van der Waals surface area contributed by atoms with E-state index in [1.54, 1.807) is 12.1 Å². The van der Waals surface area contributed by atoms with Crippen LogP contribution >= 0.6 is 0 Å². The minimum Gasteiger partial charge on any atom is -0.466 e. The lowest BCUT2D eigenvalue weighted by Gasteiger charge is -2.21. The summed E-state index contributed by atoms with van der Waals surface area (Å²) in [6, 6.07) is 16.1. The Morgan fingerprint density at radius 1 is 0.909 bits per heavy atom. The quantitative estimate of drug-likeness (QED) is 0.324. The zero-order valence-electron chi connectivity index (χ0n) is 19.5. The number of hydrogen-bond donors (Lipinski definition) is 1. The fourth-order valence-corrected chi connectivity index (χ4v) is 4.95. The fourth-order valence-electron chi connectivity index (χ4n) is 3.33. The first-order chi connectivity index (χ1) is 15.9. The highest BCUT2D eigenvalue weighted by molar-refractivity contribution is 7.89. The van der Waals surface area contributed by atoms with Gasteiger partial charge in [-0.2, -0.15) is 4.31 Å². The van der Waals surface area contributed by atoms with Gasteiger partial charge in [0.25, 0.3) is 0 Å². The average Bonchev–Trinajstić information content (AvgIpc) is 2.81. The van der Waals surface area contributed by atoms with Crippen molar-refractivity contribution in [2.45, 2.75) is 57.3 Å². The van der Waals surface area contributed by atoms with Crippen LogP contribution in [0.4, 0.5) is 5.69 Å². The number of nitrogens with one attached hydrogen (secondary N) is 1. The van der Waals surface area contributed by atoms with E-state index in [-0.39, 0.29) is 23.6 Å². The molecule has 1 amide bonds. The lowest BCUT2D eigenvalue weighted by atomic mass is 10.1. The van der Waals surface area contributed by atoms with Crippen molar-refractivity contribution in [3.05, 3.63) is 60.2 Å². The fraction of sp³-hybridized carbons (Fsp3) is 0.440. The van der Waals surface area contributed by atoms with Crippen molar-refractivity contribution < 1.29 is 22.7 Å². The molecule has 33 heavy (non-hydrogen) atoms. The first-order valence-corrected chi connectivity index (χ1v) is 12.9. The Morgan fingerprint density at radius 3 is 2.15 bits per heavy atom. The van der Waals surface area contributed by atoms with E-state index in [4.69, 9.17) is 4.74 Å². The molecule has 180 valence electrons. The Balaban J connectivity index is 1.75. The van der Waals surface area contributed by atoms with Crippen LogP contribution in [0.5, 0.6) is 0 Å². The van der Waals surface area contributed by atoms with Crippen LogP contribution in [0.15, 0.2) is 59.5 Å². The summed E-state index contributed by atoms with van der Waals surface area (Å²) in [5.74, 6) is -0.739. The molecule has 8 heteroatoms. The number of hydrogen-bond acceptors (Lipinski definition) is 5. The topological polar surface area (TPSA) is 92.8 Å². The molecule has 0 atom stereocenters. The van der Waals surface area contributed by atoms with Crippen LogP contribution in [0.25, 0.3) is 0 Å². The van der Waals surface area contributed by atoms with Crippen LogP contribution < -0.4 is 5.32 Å². The second-order valence-electron chi connectivity index (χ2n) is 7.79. The maximum atomic E-state index is 12.8. The van der Waals surface area contributed by atoms with E-state index in [0.29, 0.717) is 25.4 Å². The largest absolute Gasteiger partial charge is 0.466 e. The van der Waals surface area contributed by atoms with E-state index in [1.165, 1.54) is 22.0 Å². The lowest BCUT2D eigenvalue weighted by Crippen LogP contribution is -2.32. The molecule has 7 nitrogen and oxygen atoms in total. The van der Waals surface area contributed by atoms with Gasteiger partial charge in [0.1, 0.15) is 0 Å². The monoisotopic (exact) mass is 474 g/mol. The molecule has 2 aromatic rings. The molecule has 2 rings (SSSR count). The van der Waals surface area contributed by atoms with Gasteiger partial charge in [-0.15, -0.1) is 0 Å². The van der Waals surface area contributed by atoms with Crippen molar-refractivity contribution in [1.82, 2.24) is 4.31 Å². The number of sulfonamides is 1. The van der Waals surface area contributed by atoms with E-state index >= 15 is 0 Å². The SMILES string of the molecule is CCCN(CCC)S(=O)(=O)c1ccc(NC(=O)CCC(=O)OCCCc2ccccc2)cc1. The number of benzene rings is 2. The van der Waals surface area contributed by atoms with Gasteiger partial charge in [-0.25, -0.2) is 8.42 Å². The predicted octanol–water partition coefficient (Wildman–Crippen LogP) is 4.39. The van der Waals surface area contributed by atoms with Gasteiger partial charge < -0.3 is 10.1 Å². The summed E-state index contributed by atoms with van der Waals surface area (Å²) in [7, 11) is -3.56. The molecule has 0 bridgehead atoms. The van der Waals surface area contributed by atoms with E-state index < -0.39 is 16.0 Å². The molecule has 0 saturated carbocycles. The van der Waals surface area contributed by atoms with E-state index in [9.17, 15) is 18.0 Å². The number of nitrogens with zero attached hydrogens (tertiary/aromatic N) is 1. The molecule has 2 aromatic carbocycles. The second-order valence-corrected chi connectivity index (χ2v) is 9.72. The van der Waals surface area contributed by atoms with Gasteiger partial charge in [-0.3, -0.25) is 9.59 Å². The number of esters is 1. The minimum atomic E-state index is -3.56. The maximum absolute atomic E-state index is 12.8. The molecule has 0 aliphatic carbocycles. The van der Waals surface area contributed by atoms with Crippen molar-refractivity contribution >= 4 is 27.6 Å². The number of aryl methyl sites for hydroxylation is 1. The molecule has 1 N–H and O–H groups in total. The molecule has 0 aromatic heterocycles. The molecular formula is C25H34N2O5S. The summed E-state index contributed by atoms with van der Waals surface area (Å²) in [6.07, 6.45) is 3.02. The van der Waals surface area contributed by atoms with Crippen molar-refractivity contribution in [2.24, 2.45) is 0 Å². The molecule has 0 fully saturated rings. The Labute approximate surface area is 197 Å². The van der Waals surface area contributed by atoms with Crippen LogP contribution in [0.1, 0.15) is 51.5 Å². The maximum Gasteiger partial charge on any atom is 0.306 e. The van der Waals surface area contributed by atoms with Gasteiger partial charge >= 0.3 is 5.97 Å². The summed E-state index contributed by atoms with van der Waals surface area (Å²) in [5.41, 5.74) is 1.67. The average molecular weight is 475 g/mol. The number of anilines is 1. The van der Waals surface area contributed by atoms with Gasteiger partial charge in [0.15, 0.2) is 0 Å². The molecule has 0 spiro atoms. The summed E-state index contributed by atoms with van der Waals surface area (Å²) >= 11 is 0. The second kappa shape index (κ2) is 13.7. The number of carbonyl (C=O) groups excluding carboxylic acids is 2. The standard InChI is InChI=1S/C25H34N2O5S/c1-3-18-27(19-4-2)33(30,31)23-14-12-22(13-15-23)26-24(28)16-17-25(29)32-20-8-11-21-9-6-5-7-10-21/h5-7,9-10,12-15H,3-4,8,11,16-20H2,1-2H3,(H,26,28). The first kappa shape index (κ1) is 26.5. The van der Waals surface area contributed by atoms with Gasteiger partial charge in [0, 0.05) is 25.2 Å². The van der Waals surface area contributed by atoms with Crippen molar-refractivity contribution in [2.75, 3.05) is 25.0 Å². The van der Waals surface area contributed by atoms with Crippen LogP contribution in [0.3, 0.4) is 0 Å². The summed E-state index contributed by atoms with van der Waals surface area (Å²) in [4.78, 5) is 24.2. The van der Waals surface area contributed by atoms with E-state index in [2.05, 4.69) is 5.32 Å². The Bertz CT molecular complexity index is 970. The minimum absolute atomic E-state index is 0.00164. The molecule has 0 radical (unpaired) electrons. The molecule has 0 heterocycles. The highest BCUT2D eigenvalue weighted by Crippen LogP contribution is 2.19. The Kier molecular flexibility index (Phi) is 11.1. The normalized spacial score (nSPS) is 11.4. The molecule has 0 unspecified atom stereocenters. The van der Waals surface area contributed by atoms with Gasteiger partial charge in [-0.1, -0.05) is 44.2 Å². The first-order valence-electron chi connectivity index (χ1n) is 11.5.